The molecule has 1 aliphatic rings. The van der Waals surface area contributed by atoms with E-state index in [1.807, 2.05) is 20.8 Å². The number of amides is 2. The van der Waals surface area contributed by atoms with E-state index in [1.165, 1.54) is 4.90 Å². The van der Waals surface area contributed by atoms with Crippen molar-refractivity contribution in [3.05, 3.63) is 0 Å². The number of carbonyl (C=O) groups is 2. The smallest absolute Gasteiger partial charge is 0.326 e. The largest absolute Gasteiger partial charge is 0.480 e. The van der Waals surface area contributed by atoms with Crippen LogP contribution >= 0.6 is 0 Å². The van der Waals surface area contributed by atoms with Crippen LogP contribution in [0, 0.1) is 0 Å². The van der Waals surface area contributed by atoms with Crippen LogP contribution in [0.25, 0.3) is 0 Å². The highest BCUT2D eigenvalue weighted by molar-refractivity contribution is 5.83. The Kier molecular flexibility index (Phi) is 4.59. The van der Waals surface area contributed by atoms with E-state index in [-0.39, 0.29) is 11.6 Å². The molecule has 0 aromatic rings. The van der Waals surface area contributed by atoms with Gasteiger partial charge in [-0.3, -0.25) is 0 Å². The number of piperidine rings is 1. The quantitative estimate of drug-likeness (QED) is 0.841. The van der Waals surface area contributed by atoms with Crippen molar-refractivity contribution in [1.29, 1.82) is 0 Å². The molecule has 1 saturated heterocycles. The van der Waals surface area contributed by atoms with Gasteiger partial charge in [-0.2, -0.15) is 0 Å². The number of hydrogen-bond acceptors (Lipinski definition) is 2. The molecule has 2 amide bonds. The van der Waals surface area contributed by atoms with Gasteiger partial charge in [0.15, 0.2) is 0 Å². The lowest BCUT2D eigenvalue weighted by molar-refractivity contribution is -0.143. The fourth-order valence-electron chi connectivity index (χ4n) is 2.11. The van der Waals surface area contributed by atoms with E-state index in [4.69, 9.17) is 0 Å². The lowest BCUT2D eigenvalue weighted by Gasteiger charge is -2.41. The SMILES string of the molecule is CCC(C)(C)N(C)C(=O)N1CCCCC1C(=O)O. The summed E-state index contributed by atoms with van der Waals surface area (Å²) in [6.45, 7) is 6.55. The second kappa shape index (κ2) is 5.59. The average molecular weight is 256 g/mol. The number of carboxylic acids is 1. The molecular weight excluding hydrogens is 232 g/mol. The molecule has 1 unspecified atom stereocenters. The van der Waals surface area contributed by atoms with Gasteiger partial charge in [0, 0.05) is 19.1 Å². The topological polar surface area (TPSA) is 60.9 Å². The zero-order valence-electron chi connectivity index (χ0n) is 11.8. The minimum atomic E-state index is -0.897. The summed E-state index contributed by atoms with van der Waals surface area (Å²) in [6.07, 6.45) is 3.15. The predicted octanol–water partition coefficient (Wildman–Crippen LogP) is 2.17. The zero-order valence-corrected chi connectivity index (χ0v) is 11.8. The standard InChI is InChI=1S/C13H24N2O3/c1-5-13(2,3)14(4)12(18)15-9-7-6-8-10(15)11(16)17/h10H,5-9H2,1-4H3,(H,16,17). The van der Waals surface area contributed by atoms with E-state index in [0.717, 1.165) is 19.3 Å². The Hall–Kier alpha value is -1.26. The molecule has 0 saturated carbocycles. The van der Waals surface area contributed by atoms with Crippen LogP contribution in [0.15, 0.2) is 0 Å². The van der Waals surface area contributed by atoms with Crippen molar-refractivity contribution in [2.24, 2.45) is 0 Å². The van der Waals surface area contributed by atoms with Crippen molar-refractivity contribution in [2.45, 2.75) is 58.0 Å². The number of nitrogens with zero attached hydrogens (tertiary/aromatic N) is 2. The van der Waals surface area contributed by atoms with E-state index in [1.54, 1.807) is 11.9 Å². The Morgan fingerprint density at radius 2 is 2.00 bits per heavy atom. The second-order valence-electron chi connectivity index (χ2n) is 5.55. The molecule has 1 atom stereocenters. The van der Waals surface area contributed by atoms with E-state index in [9.17, 15) is 14.7 Å². The molecule has 104 valence electrons. The maximum Gasteiger partial charge on any atom is 0.326 e. The van der Waals surface area contributed by atoms with Gasteiger partial charge in [-0.25, -0.2) is 9.59 Å². The average Bonchev–Trinajstić information content (AvgIpc) is 2.36. The summed E-state index contributed by atoms with van der Waals surface area (Å²) in [5, 5.41) is 9.19. The van der Waals surface area contributed by atoms with Crippen LogP contribution in [-0.2, 0) is 4.79 Å². The van der Waals surface area contributed by atoms with Crippen LogP contribution in [0.4, 0.5) is 4.79 Å². The molecule has 1 N–H and O–H groups in total. The van der Waals surface area contributed by atoms with Crippen LogP contribution in [0.1, 0.15) is 46.5 Å². The van der Waals surface area contributed by atoms with Crippen LogP contribution in [0.2, 0.25) is 0 Å². The first-order chi connectivity index (χ1) is 8.31. The highest BCUT2D eigenvalue weighted by Gasteiger charge is 2.36. The van der Waals surface area contributed by atoms with Crippen LogP contribution in [0.3, 0.4) is 0 Å². The lowest BCUT2D eigenvalue weighted by Crippen LogP contribution is -2.56. The fourth-order valence-corrected chi connectivity index (χ4v) is 2.11. The summed E-state index contributed by atoms with van der Waals surface area (Å²) >= 11 is 0. The summed E-state index contributed by atoms with van der Waals surface area (Å²) in [7, 11) is 1.75. The number of hydrogen-bond donors (Lipinski definition) is 1. The highest BCUT2D eigenvalue weighted by atomic mass is 16.4. The number of likely N-dealkylation sites (tertiary alicyclic amines) is 1. The number of carboxylic acid groups (broad SMARTS) is 1. The van der Waals surface area contributed by atoms with Crippen molar-refractivity contribution < 1.29 is 14.7 Å². The van der Waals surface area contributed by atoms with Crippen LogP contribution in [0.5, 0.6) is 0 Å². The fraction of sp³-hybridized carbons (Fsp3) is 0.846. The molecule has 0 spiro atoms. The summed E-state index contributed by atoms with van der Waals surface area (Å²) in [6, 6.07) is -0.838. The maximum absolute atomic E-state index is 12.4. The lowest BCUT2D eigenvalue weighted by atomic mass is 9.99. The van der Waals surface area contributed by atoms with Gasteiger partial charge < -0.3 is 14.9 Å². The van der Waals surface area contributed by atoms with Gasteiger partial charge in [-0.15, -0.1) is 0 Å². The molecule has 0 aromatic heterocycles. The summed E-state index contributed by atoms with van der Waals surface area (Å²) in [5.74, 6) is -0.897. The summed E-state index contributed by atoms with van der Waals surface area (Å²) < 4.78 is 0. The van der Waals surface area contributed by atoms with Gasteiger partial charge in [0.05, 0.1) is 0 Å². The Labute approximate surface area is 109 Å². The zero-order chi connectivity index (χ0) is 13.9. The van der Waals surface area contributed by atoms with Crippen molar-refractivity contribution in [1.82, 2.24) is 9.80 Å². The molecule has 18 heavy (non-hydrogen) atoms. The Bertz CT molecular complexity index is 328. The Morgan fingerprint density at radius 3 is 2.50 bits per heavy atom. The maximum atomic E-state index is 12.4. The molecule has 0 aromatic carbocycles. The van der Waals surface area contributed by atoms with Gasteiger partial charge in [0.2, 0.25) is 0 Å². The number of rotatable bonds is 3. The number of aliphatic carboxylic acids is 1. The number of urea groups is 1. The van der Waals surface area contributed by atoms with Gasteiger partial charge in [0.25, 0.3) is 0 Å². The van der Waals surface area contributed by atoms with Crippen molar-refractivity contribution in [2.75, 3.05) is 13.6 Å². The first kappa shape index (κ1) is 14.8. The third-order valence-corrected chi connectivity index (χ3v) is 4.09. The highest BCUT2D eigenvalue weighted by Crippen LogP contribution is 2.23. The molecule has 1 rings (SSSR count). The minimum Gasteiger partial charge on any atom is -0.480 e. The molecule has 0 bridgehead atoms. The second-order valence-corrected chi connectivity index (χ2v) is 5.55. The molecule has 1 heterocycles. The van der Waals surface area contributed by atoms with Gasteiger partial charge in [-0.05, 0) is 39.5 Å². The molecule has 0 aliphatic carbocycles. The van der Waals surface area contributed by atoms with Crippen molar-refractivity contribution in [3.8, 4) is 0 Å². The van der Waals surface area contributed by atoms with E-state index >= 15 is 0 Å². The summed E-state index contributed by atoms with van der Waals surface area (Å²) in [4.78, 5) is 26.8. The third-order valence-electron chi connectivity index (χ3n) is 4.09. The van der Waals surface area contributed by atoms with Crippen molar-refractivity contribution in [3.63, 3.8) is 0 Å². The first-order valence-corrected chi connectivity index (χ1v) is 6.58. The van der Waals surface area contributed by atoms with E-state index in [0.29, 0.717) is 13.0 Å². The van der Waals surface area contributed by atoms with Crippen LogP contribution in [-0.4, -0.2) is 52.1 Å². The van der Waals surface area contributed by atoms with Gasteiger partial charge in [-0.1, -0.05) is 6.92 Å². The summed E-state index contributed by atoms with van der Waals surface area (Å²) in [5.41, 5.74) is -0.252. The van der Waals surface area contributed by atoms with Gasteiger partial charge >= 0.3 is 12.0 Å². The first-order valence-electron chi connectivity index (χ1n) is 6.58. The molecule has 5 heteroatoms. The van der Waals surface area contributed by atoms with E-state index < -0.39 is 12.0 Å². The molecule has 5 nitrogen and oxygen atoms in total. The Balaban J connectivity index is 2.84. The molecule has 1 fully saturated rings. The normalized spacial score (nSPS) is 20.7. The molecular formula is C13H24N2O3. The molecule has 1 aliphatic heterocycles. The Morgan fingerprint density at radius 1 is 1.39 bits per heavy atom. The van der Waals surface area contributed by atoms with Crippen molar-refractivity contribution >= 4 is 12.0 Å². The number of carbonyl (C=O) groups excluding carboxylic acids is 1. The minimum absolute atomic E-state index is 0.172. The third kappa shape index (κ3) is 2.94. The molecule has 0 radical (unpaired) electrons. The predicted molar refractivity (Wildman–Crippen MR) is 69.5 cm³/mol. The van der Waals surface area contributed by atoms with Crippen LogP contribution < -0.4 is 0 Å². The van der Waals surface area contributed by atoms with E-state index in [2.05, 4.69) is 0 Å². The monoisotopic (exact) mass is 256 g/mol. The van der Waals surface area contributed by atoms with Gasteiger partial charge in [0.1, 0.15) is 6.04 Å².